The molecule has 0 unspecified atom stereocenters. The van der Waals surface area contributed by atoms with Crippen LogP contribution in [0.2, 0.25) is 0 Å². The fraction of sp³-hybridized carbons (Fsp3) is 0.778. The van der Waals surface area contributed by atoms with E-state index in [4.69, 9.17) is 0 Å². The SMILES string of the molecule is CC.CCn1nc2n(c1=O)CCC2. The Morgan fingerprint density at radius 3 is 2.69 bits per heavy atom. The minimum atomic E-state index is 0.0556. The maximum atomic E-state index is 11.4. The van der Waals surface area contributed by atoms with Gasteiger partial charge in [0.05, 0.1) is 0 Å². The number of rotatable bonds is 1. The van der Waals surface area contributed by atoms with E-state index in [-0.39, 0.29) is 5.69 Å². The second-order valence-electron chi connectivity index (χ2n) is 2.77. The van der Waals surface area contributed by atoms with E-state index in [1.807, 2.05) is 20.8 Å². The van der Waals surface area contributed by atoms with Crippen LogP contribution in [0, 0.1) is 0 Å². The zero-order chi connectivity index (χ0) is 9.84. The highest BCUT2D eigenvalue weighted by Crippen LogP contribution is 2.07. The maximum absolute atomic E-state index is 11.4. The summed E-state index contributed by atoms with van der Waals surface area (Å²) in [5.41, 5.74) is 0.0556. The fourth-order valence-corrected chi connectivity index (χ4v) is 1.50. The zero-order valence-corrected chi connectivity index (χ0v) is 8.58. The molecule has 0 spiro atoms. The summed E-state index contributed by atoms with van der Waals surface area (Å²) in [6, 6.07) is 0. The average Bonchev–Trinajstić information content (AvgIpc) is 2.73. The highest BCUT2D eigenvalue weighted by Gasteiger charge is 2.16. The third kappa shape index (κ3) is 1.66. The third-order valence-electron chi connectivity index (χ3n) is 2.08. The van der Waals surface area contributed by atoms with E-state index in [2.05, 4.69) is 5.10 Å². The quantitative estimate of drug-likeness (QED) is 0.652. The minimum Gasteiger partial charge on any atom is -0.279 e. The predicted molar refractivity (Wildman–Crippen MR) is 51.8 cm³/mol. The molecule has 0 saturated heterocycles. The number of aryl methyl sites for hydroxylation is 2. The lowest BCUT2D eigenvalue weighted by atomic mass is 10.4. The Balaban J connectivity index is 0.000000396. The molecule has 0 atom stereocenters. The van der Waals surface area contributed by atoms with Gasteiger partial charge in [0, 0.05) is 19.5 Å². The molecule has 1 aromatic rings. The molecule has 0 aliphatic carbocycles. The second kappa shape index (κ2) is 4.25. The number of nitrogens with zero attached hydrogens (tertiary/aromatic N) is 3. The summed E-state index contributed by atoms with van der Waals surface area (Å²) >= 11 is 0. The van der Waals surface area contributed by atoms with Crippen molar-refractivity contribution in [1.29, 1.82) is 0 Å². The molecule has 4 heteroatoms. The van der Waals surface area contributed by atoms with Crippen LogP contribution >= 0.6 is 0 Å². The van der Waals surface area contributed by atoms with Gasteiger partial charge >= 0.3 is 5.69 Å². The molecule has 0 aromatic carbocycles. The van der Waals surface area contributed by atoms with Gasteiger partial charge < -0.3 is 0 Å². The van der Waals surface area contributed by atoms with E-state index in [1.165, 1.54) is 4.68 Å². The van der Waals surface area contributed by atoms with E-state index in [0.29, 0.717) is 6.54 Å². The van der Waals surface area contributed by atoms with Crippen molar-refractivity contribution >= 4 is 0 Å². The monoisotopic (exact) mass is 183 g/mol. The van der Waals surface area contributed by atoms with E-state index in [9.17, 15) is 4.79 Å². The molecule has 0 fully saturated rings. The Morgan fingerprint density at radius 1 is 1.46 bits per heavy atom. The van der Waals surface area contributed by atoms with Gasteiger partial charge in [-0.1, -0.05) is 13.8 Å². The lowest BCUT2D eigenvalue weighted by Crippen LogP contribution is -2.23. The number of hydrogen-bond acceptors (Lipinski definition) is 2. The Hall–Kier alpha value is -1.06. The van der Waals surface area contributed by atoms with Crippen LogP contribution in [-0.4, -0.2) is 14.3 Å². The molecule has 4 nitrogen and oxygen atoms in total. The molecule has 2 heterocycles. The summed E-state index contributed by atoms with van der Waals surface area (Å²) in [5.74, 6) is 0.955. The Morgan fingerprint density at radius 2 is 2.15 bits per heavy atom. The standard InChI is InChI=1S/C7H11N3O.C2H6/c1-2-10-7(11)9-5-3-4-6(9)8-10;1-2/h2-5H2,1H3;1-2H3. The molecule has 0 radical (unpaired) electrons. The molecule has 0 bridgehead atoms. The highest BCUT2D eigenvalue weighted by atomic mass is 16.2. The molecule has 1 aromatic heterocycles. The number of fused-ring (bicyclic) bond motifs is 1. The minimum absolute atomic E-state index is 0.0556. The smallest absolute Gasteiger partial charge is 0.279 e. The first kappa shape index (κ1) is 10.0. The van der Waals surface area contributed by atoms with Crippen molar-refractivity contribution in [2.45, 2.75) is 46.7 Å². The second-order valence-corrected chi connectivity index (χ2v) is 2.77. The van der Waals surface area contributed by atoms with Gasteiger partial charge in [-0.3, -0.25) is 4.57 Å². The molecule has 1 aliphatic rings. The fourth-order valence-electron chi connectivity index (χ4n) is 1.50. The molecule has 2 rings (SSSR count). The number of aromatic nitrogens is 3. The van der Waals surface area contributed by atoms with Crippen LogP contribution in [0.15, 0.2) is 4.79 Å². The van der Waals surface area contributed by atoms with E-state index < -0.39 is 0 Å². The van der Waals surface area contributed by atoms with E-state index in [1.54, 1.807) is 4.57 Å². The highest BCUT2D eigenvalue weighted by molar-refractivity contribution is 4.92. The number of hydrogen-bond donors (Lipinski definition) is 0. The predicted octanol–water partition coefficient (Wildman–Crippen LogP) is 1.04. The molecule has 74 valence electrons. The van der Waals surface area contributed by atoms with Crippen LogP contribution in [0.5, 0.6) is 0 Å². The Bertz CT molecular complexity index is 324. The lowest BCUT2D eigenvalue weighted by molar-refractivity contribution is 0.593. The summed E-state index contributed by atoms with van der Waals surface area (Å²) in [7, 11) is 0. The van der Waals surface area contributed by atoms with Crippen LogP contribution in [0.25, 0.3) is 0 Å². The van der Waals surface area contributed by atoms with Crippen molar-refractivity contribution in [3.05, 3.63) is 16.3 Å². The molecular formula is C9H17N3O. The van der Waals surface area contributed by atoms with Gasteiger partial charge in [0.15, 0.2) is 0 Å². The van der Waals surface area contributed by atoms with Crippen molar-refractivity contribution < 1.29 is 0 Å². The van der Waals surface area contributed by atoms with Gasteiger partial charge in [-0.25, -0.2) is 9.48 Å². The van der Waals surface area contributed by atoms with Crippen LogP contribution in [0.4, 0.5) is 0 Å². The van der Waals surface area contributed by atoms with E-state index >= 15 is 0 Å². The van der Waals surface area contributed by atoms with Gasteiger partial charge in [0.25, 0.3) is 0 Å². The summed E-state index contributed by atoms with van der Waals surface area (Å²) in [4.78, 5) is 11.4. The van der Waals surface area contributed by atoms with Gasteiger partial charge in [-0.15, -0.1) is 0 Å². The first-order valence-electron chi connectivity index (χ1n) is 4.99. The van der Waals surface area contributed by atoms with Crippen molar-refractivity contribution in [3.63, 3.8) is 0 Å². The Labute approximate surface area is 78.2 Å². The van der Waals surface area contributed by atoms with Crippen molar-refractivity contribution in [1.82, 2.24) is 14.3 Å². The van der Waals surface area contributed by atoms with Crippen LogP contribution in [-0.2, 0) is 19.5 Å². The zero-order valence-electron chi connectivity index (χ0n) is 8.58. The molecule has 0 amide bonds. The average molecular weight is 183 g/mol. The van der Waals surface area contributed by atoms with Crippen molar-refractivity contribution in [2.75, 3.05) is 0 Å². The first-order valence-corrected chi connectivity index (χ1v) is 4.99. The van der Waals surface area contributed by atoms with Crippen molar-refractivity contribution in [2.24, 2.45) is 0 Å². The van der Waals surface area contributed by atoms with Gasteiger partial charge in [-0.2, -0.15) is 5.10 Å². The largest absolute Gasteiger partial charge is 0.345 e. The summed E-state index contributed by atoms with van der Waals surface area (Å²) in [5, 5.41) is 4.18. The van der Waals surface area contributed by atoms with Gasteiger partial charge in [-0.05, 0) is 13.3 Å². The molecule has 13 heavy (non-hydrogen) atoms. The molecule has 0 saturated carbocycles. The first-order chi connectivity index (χ1) is 6.33. The maximum Gasteiger partial charge on any atom is 0.345 e. The van der Waals surface area contributed by atoms with Gasteiger partial charge in [0.2, 0.25) is 0 Å². The summed E-state index contributed by atoms with van der Waals surface area (Å²) in [6.45, 7) is 7.47. The molecule has 1 aliphatic heterocycles. The Kier molecular flexibility index (Phi) is 3.28. The lowest BCUT2D eigenvalue weighted by Gasteiger charge is -1.90. The van der Waals surface area contributed by atoms with Crippen LogP contribution in [0.3, 0.4) is 0 Å². The normalized spacial score (nSPS) is 13.5. The van der Waals surface area contributed by atoms with E-state index in [0.717, 1.165) is 25.2 Å². The summed E-state index contributed by atoms with van der Waals surface area (Å²) < 4.78 is 3.29. The van der Waals surface area contributed by atoms with Gasteiger partial charge in [0.1, 0.15) is 5.82 Å². The van der Waals surface area contributed by atoms with Crippen LogP contribution in [0.1, 0.15) is 33.0 Å². The summed E-state index contributed by atoms with van der Waals surface area (Å²) in [6.07, 6.45) is 2.03. The topological polar surface area (TPSA) is 39.8 Å². The third-order valence-corrected chi connectivity index (χ3v) is 2.08. The molecule has 0 N–H and O–H groups in total. The van der Waals surface area contributed by atoms with Crippen LogP contribution < -0.4 is 5.69 Å². The molecular weight excluding hydrogens is 166 g/mol. The van der Waals surface area contributed by atoms with Crippen molar-refractivity contribution in [3.8, 4) is 0 Å².